The van der Waals surface area contributed by atoms with E-state index in [1.54, 1.807) is 12.1 Å². The van der Waals surface area contributed by atoms with Crippen LogP contribution in [-0.4, -0.2) is 0 Å². The highest BCUT2D eigenvalue weighted by atomic mass is 79.9. The molecule has 0 aliphatic carbocycles. The molecule has 5 heteroatoms. The molecular weight excluding hydrogens is 342 g/mol. The molecule has 0 heterocycles. The lowest BCUT2D eigenvalue weighted by Gasteiger charge is -2.09. The van der Waals surface area contributed by atoms with E-state index in [0.717, 1.165) is 5.56 Å². The van der Waals surface area contributed by atoms with Crippen LogP contribution in [0, 0.1) is 5.82 Å². The molecule has 0 atom stereocenters. The molecule has 0 amide bonds. The predicted octanol–water partition coefficient (Wildman–Crippen LogP) is 5.82. The highest BCUT2D eigenvalue weighted by molar-refractivity contribution is 9.08. The topological polar surface area (TPSA) is 9.23 Å². The molecule has 1 nitrogen and oxygen atoms in total. The first-order valence-electron chi connectivity index (χ1n) is 5.07. The minimum absolute atomic E-state index is 0.218. The van der Waals surface area contributed by atoms with Crippen LogP contribution in [0.3, 0.4) is 0 Å². The molecule has 0 aromatic heterocycles. The summed E-state index contributed by atoms with van der Waals surface area (Å²) < 4.78 is 18.4. The van der Waals surface area contributed by atoms with Crippen molar-refractivity contribution in [1.82, 2.24) is 0 Å². The van der Waals surface area contributed by atoms with Crippen molar-refractivity contribution in [2.45, 2.75) is 5.33 Å². The summed E-state index contributed by atoms with van der Waals surface area (Å²) in [5.74, 6) is 0.541. The zero-order valence-electron chi connectivity index (χ0n) is 9.09. The van der Waals surface area contributed by atoms with Gasteiger partial charge in [-0.05, 0) is 35.9 Å². The number of halogens is 4. The molecular formula is C13H8BrCl2FO. The molecule has 0 bridgehead atoms. The Morgan fingerprint density at radius 3 is 2.44 bits per heavy atom. The molecule has 0 saturated heterocycles. The second-order valence-corrected chi connectivity index (χ2v) is 4.94. The maximum Gasteiger partial charge on any atom is 0.146 e. The first-order chi connectivity index (χ1) is 8.60. The van der Waals surface area contributed by atoms with E-state index in [0.29, 0.717) is 21.9 Å². The molecule has 0 fully saturated rings. The maximum atomic E-state index is 12.9. The highest BCUT2D eigenvalue weighted by Crippen LogP contribution is 2.32. The van der Waals surface area contributed by atoms with Crippen LogP contribution in [0.2, 0.25) is 10.0 Å². The summed E-state index contributed by atoms with van der Waals surface area (Å²) in [6.45, 7) is 0. The SMILES string of the molecule is Fc1ccc(Oc2ccc(CBr)c(Cl)c2)c(Cl)c1. The average Bonchev–Trinajstić information content (AvgIpc) is 2.33. The van der Waals surface area contributed by atoms with Crippen LogP contribution in [0.4, 0.5) is 4.39 Å². The van der Waals surface area contributed by atoms with Crippen molar-refractivity contribution >= 4 is 39.1 Å². The Morgan fingerprint density at radius 2 is 1.83 bits per heavy atom. The Hall–Kier alpha value is -0.770. The Balaban J connectivity index is 2.26. The molecule has 0 unspecified atom stereocenters. The molecule has 0 saturated carbocycles. The van der Waals surface area contributed by atoms with E-state index in [-0.39, 0.29) is 5.02 Å². The van der Waals surface area contributed by atoms with Crippen LogP contribution < -0.4 is 4.74 Å². The Morgan fingerprint density at radius 1 is 1.06 bits per heavy atom. The molecule has 0 aliphatic heterocycles. The average molecular weight is 350 g/mol. The monoisotopic (exact) mass is 348 g/mol. The van der Waals surface area contributed by atoms with Crippen LogP contribution >= 0.6 is 39.1 Å². The largest absolute Gasteiger partial charge is 0.456 e. The minimum atomic E-state index is -0.403. The normalized spacial score (nSPS) is 10.4. The number of alkyl halides is 1. The van der Waals surface area contributed by atoms with Crippen molar-refractivity contribution in [2.75, 3.05) is 0 Å². The van der Waals surface area contributed by atoms with Crippen LogP contribution in [0.25, 0.3) is 0 Å². The van der Waals surface area contributed by atoms with Gasteiger partial charge in [0.1, 0.15) is 17.3 Å². The van der Waals surface area contributed by atoms with Gasteiger partial charge >= 0.3 is 0 Å². The summed E-state index contributed by atoms with van der Waals surface area (Å²) in [5, 5.41) is 1.49. The van der Waals surface area contributed by atoms with Gasteiger partial charge in [0.05, 0.1) is 5.02 Å². The van der Waals surface area contributed by atoms with Gasteiger partial charge < -0.3 is 4.74 Å². The zero-order valence-corrected chi connectivity index (χ0v) is 12.2. The number of rotatable bonds is 3. The third-order valence-corrected chi connectivity index (χ3v) is 3.54. The van der Waals surface area contributed by atoms with Crippen LogP contribution in [0.15, 0.2) is 36.4 Å². The van der Waals surface area contributed by atoms with Crippen molar-refractivity contribution in [3.8, 4) is 11.5 Å². The molecule has 2 aromatic rings. The van der Waals surface area contributed by atoms with E-state index in [2.05, 4.69) is 15.9 Å². The van der Waals surface area contributed by atoms with Gasteiger partial charge in [0.25, 0.3) is 0 Å². The van der Waals surface area contributed by atoms with Crippen LogP contribution in [-0.2, 0) is 5.33 Å². The van der Waals surface area contributed by atoms with Gasteiger partial charge in [-0.3, -0.25) is 0 Å². The zero-order chi connectivity index (χ0) is 13.1. The Bertz CT molecular complexity index is 575. The summed E-state index contributed by atoms with van der Waals surface area (Å²) in [7, 11) is 0. The van der Waals surface area contributed by atoms with E-state index in [4.69, 9.17) is 27.9 Å². The third kappa shape index (κ3) is 3.16. The summed E-state index contributed by atoms with van der Waals surface area (Å²) in [6.07, 6.45) is 0. The van der Waals surface area contributed by atoms with Gasteiger partial charge in [0.15, 0.2) is 0 Å². The lowest BCUT2D eigenvalue weighted by molar-refractivity contribution is 0.481. The number of hydrogen-bond donors (Lipinski definition) is 0. The highest BCUT2D eigenvalue weighted by Gasteiger charge is 2.06. The van der Waals surface area contributed by atoms with E-state index >= 15 is 0 Å². The van der Waals surface area contributed by atoms with Gasteiger partial charge in [-0.15, -0.1) is 0 Å². The molecule has 0 N–H and O–H groups in total. The lowest BCUT2D eigenvalue weighted by Crippen LogP contribution is -1.88. The molecule has 0 spiro atoms. The number of hydrogen-bond acceptors (Lipinski definition) is 1. The minimum Gasteiger partial charge on any atom is -0.456 e. The molecule has 0 aliphatic rings. The number of benzene rings is 2. The van der Waals surface area contributed by atoms with Gasteiger partial charge in [-0.1, -0.05) is 45.2 Å². The summed E-state index contributed by atoms with van der Waals surface area (Å²) in [5.41, 5.74) is 0.967. The fraction of sp³-hybridized carbons (Fsp3) is 0.0769. The fourth-order valence-electron chi connectivity index (χ4n) is 1.38. The van der Waals surface area contributed by atoms with Gasteiger partial charge in [0.2, 0.25) is 0 Å². The Kier molecular flexibility index (Phi) is 4.49. The smallest absolute Gasteiger partial charge is 0.146 e. The lowest BCUT2D eigenvalue weighted by atomic mass is 10.2. The summed E-state index contributed by atoms with van der Waals surface area (Å²) >= 11 is 15.3. The van der Waals surface area contributed by atoms with E-state index in [1.165, 1.54) is 18.2 Å². The standard InChI is InChI=1S/C13H8BrCl2FO/c14-7-8-1-3-10(6-11(8)15)18-13-4-2-9(17)5-12(13)16/h1-6H,7H2. The van der Waals surface area contributed by atoms with Crippen LogP contribution in [0.1, 0.15) is 5.56 Å². The summed E-state index contributed by atoms with van der Waals surface area (Å²) in [6, 6.07) is 9.29. The van der Waals surface area contributed by atoms with Gasteiger partial charge in [0, 0.05) is 10.4 Å². The third-order valence-electron chi connectivity index (χ3n) is 2.29. The molecule has 2 aromatic carbocycles. The van der Waals surface area contributed by atoms with E-state index < -0.39 is 5.82 Å². The van der Waals surface area contributed by atoms with Crippen molar-refractivity contribution in [3.05, 3.63) is 57.8 Å². The molecule has 94 valence electrons. The number of ether oxygens (including phenoxy) is 1. The molecule has 2 rings (SSSR count). The molecule has 18 heavy (non-hydrogen) atoms. The van der Waals surface area contributed by atoms with Gasteiger partial charge in [-0.2, -0.15) is 0 Å². The first-order valence-corrected chi connectivity index (χ1v) is 6.95. The van der Waals surface area contributed by atoms with E-state index in [9.17, 15) is 4.39 Å². The second-order valence-electron chi connectivity index (χ2n) is 3.56. The van der Waals surface area contributed by atoms with Crippen molar-refractivity contribution in [2.24, 2.45) is 0 Å². The van der Waals surface area contributed by atoms with Gasteiger partial charge in [-0.25, -0.2) is 4.39 Å². The van der Waals surface area contributed by atoms with E-state index in [1.807, 2.05) is 6.07 Å². The fourth-order valence-corrected chi connectivity index (χ4v) is 2.48. The summed E-state index contributed by atoms with van der Waals surface area (Å²) in [4.78, 5) is 0. The van der Waals surface area contributed by atoms with Crippen molar-refractivity contribution in [1.29, 1.82) is 0 Å². The van der Waals surface area contributed by atoms with Crippen molar-refractivity contribution in [3.63, 3.8) is 0 Å². The quantitative estimate of drug-likeness (QED) is 0.634. The van der Waals surface area contributed by atoms with Crippen LogP contribution in [0.5, 0.6) is 11.5 Å². The van der Waals surface area contributed by atoms with Crippen molar-refractivity contribution < 1.29 is 9.13 Å². The first kappa shape index (κ1) is 13.7. The second kappa shape index (κ2) is 5.91. The molecule has 0 radical (unpaired) electrons. The Labute approximate surface area is 123 Å². The predicted molar refractivity (Wildman–Crippen MR) is 75.6 cm³/mol. The maximum absolute atomic E-state index is 12.9.